The number of amides is 3. The zero-order valence-electron chi connectivity index (χ0n) is 20.3. The van der Waals surface area contributed by atoms with Crippen molar-refractivity contribution in [2.45, 2.75) is 35.8 Å². The first-order valence-electron chi connectivity index (χ1n) is 12.3. The lowest BCUT2D eigenvalue weighted by Crippen LogP contribution is -2.54. The molecule has 3 saturated heterocycles. The highest BCUT2D eigenvalue weighted by Crippen LogP contribution is 2.68. The number of aliphatic hydroxyl groups excluding tert-OH is 1. The van der Waals surface area contributed by atoms with Crippen molar-refractivity contribution in [1.82, 2.24) is 4.90 Å². The summed E-state index contributed by atoms with van der Waals surface area (Å²) in [4.78, 5) is 42.8. The van der Waals surface area contributed by atoms with Gasteiger partial charge in [-0.1, -0.05) is 25.1 Å². The number of nitrogens with one attached hydrogen (secondary N) is 2. The van der Waals surface area contributed by atoms with E-state index < -0.39 is 22.6 Å². The molecule has 3 aliphatic heterocycles. The van der Waals surface area contributed by atoms with Crippen LogP contribution >= 0.6 is 11.8 Å². The van der Waals surface area contributed by atoms with Gasteiger partial charge in [-0.15, -0.1) is 11.8 Å². The van der Waals surface area contributed by atoms with Gasteiger partial charge in [-0.25, -0.2) is 0 Å². The van der Waals surface area contributed by atoms with Gasteiger partial charge in [-0.2, -0.15) is 0 Å². The zero-order valence-corrected chi connectivity index (χ0v) is 21.2. The number of ether oxygens (including phenoxy) is 1. The van der Waals surface area contributed by atoms with Crippen LogP contribution in [0.15, 0.2) is 54.6 Å². The Balaban J connectivity index is 1.47. The molecule has 9 heteroatoms. The smallest absolute Gasteiger partial charge is 0.248 e. The molecule has 1 spiro atoms. The summed E-state index contributed by atoms with van der Waals surface area (Å²) < 4.78 is 4.50. The fourth-order valence-electron chi connectivity index (χ4n) is 6.23. The lowest BCUT2D eigenvalue weighted by molar-refractivity contribution is -0.138. The van der Waals surface area contributed by atoms with Crippen molar-refractivity contribution in [3.05, 3.63) is 54.6 Å². The van der Waals surface area contributed by atoms with Crippen molar-refractivity contribution in [2.24, 2.45) is 17.8 Å². The maximum Gasteiger partial charge on any atom is 0.248 e. The van der Waals surface area contributed by atoms with Crippen LogP contribution in [0.4, 0.5) is 11.4 Å². The fraction of sp³-hybridized carbons (Fsp3) is 0.444. The monoisotopic (exact) mass is 509 g/mol. The van der Waals surface area contributed by atoms with Crippen LogP contribution in [-0.4, -0.2) is 64.0 Å². The molecule has 36 heavy (non-hydrogen) atoms. The minimum Gasteiger partial charge on any atom is -0.497 e. The molecule has 2 bridgehead atoms. The van der Waals surface area contributed by atoms with E-state index in [1.807, 2.05) is 30.3 Å². The normalized spacial score (nSPS) is 30.2. The van der Waals surface area contributed by atoms with Crippen LogP contribution in [0.2, 0.25) is 0 Å². The third kappa shape index (κ3) is 3.94. The van der Waals surface area contributed by atoms with Crippen molar-refractivity contribution in [3.8, 4) is 5.75 Å². The van der Waals surface area contributed by atoms with Crippen molar-refractivity contribution >= 4 is 40.9 Å². The second-order valence-electron chi connectivity index (χ2n) is 9.73. The molecule has 2 aromatic carbocycles. The van der Waals surface area contributed by atoms with Gasteiger partial charge in [0.1, 0.15) is 11.8 Å². The van der Waals surface area contributed by atoms with Crippen LogP contribution in [0.1, 0.15) is 19.8 Å². The van der Waals surface area contributed by atoms with Crippen molar-refractivity contribution < 1.29 is 24.2 Å². The minimum atomic E-state index is -0.733. The maximum atomic E-state index is 13.9. The highest BCUT2D eigenvalue weighted by atomic mass is 32.2. The molecule has 5 rings (SSSR count). The van der Waals surface area contributed by atoms with Gasteiger partial charge >= 0.3 is 0 Å². The average molecular weight is 510 g/mol. The number of methoxy groups -OCH3 is 1. The SMILES string of the molecule is COc1ccc(NC(=O)C2N(CCCO)C(=O)[C@@H]3[C@@H](C(=O)Nc4ccccc4)[C@H]4CC(C)C23S4)cc1. The fourth-order valence-corrected chi connectivity index (χ4v) is 8.66. The molecule has 0 aliphatic carbocycles. The summed E-state index contributed by atoms with van der Waals surface area (Å²) in [5.74, 6) is -0.971. The molecule has 3 N–H and O–H groups in total. The van der Waals surface area contributed by atoms with E-state index in [-0.39, 0.29) is 42.0 Å². The Hall–Kier alpha value is -3.04. The average Bonchev–Trinajstić information content (AvgIpc) is 3.47. The van der Waals surface area contributed by atoms with Gasteiger partial charge in [0.05, 0.1) is 23.7 Å². The van der Waals surface area contributed by atoms with Crippen molar-refractivity contribution in [3.63, 3.8) is 0 Å². The van der Waals surface area contributed by atoms with Gasteiger partial charge in [0.15, 0.2) is 0 Å². The first-order chi connectivity index (χ1) is 17.4. The molecule has 8 nitrogen and oxygen atoms in total. The zero-order chi connectivity index (χ0) is 25.4. The van der Waals surface area contributed by atoms with E-state index in [9.17, 15) is 19.5 Å². The summed E-state index contributed by atoms with van der Waals surface area (Å²) in [6, 6.07) is 15.6. The predicted molar refractivity (Wildman–Crippen MR) is 139 cm³/mol. The number of likely N-dealkylation sites (tertiary alicyclic amines) is 1. The van der Waals surface area contributed by atoms with Crippen molar-refractivity contribution in [1.29, 1.82) is 0 Å². The molecule has 3 heterocycles. The third-order valence-electron chi connectivity index (χ3n) is 7.75. The Morgan fingerprint density at radius 2 is 1.75 bits per heavy atom. The van der Waals surface area contributed by atoms with Crippen molar-refractivity contribution in [2.75, 3.05) is 30.9 Å². The first kappa shape index (κ1) is 24.6. The number of hydrogen-bond donors (Lipinski definition) is 3. The van der Waals surface area contributed by atoms with Crippen LogP contribution in [-0.2, 0) is 14.4 Å². The van der Waals surface area contributed by atoms with Gasteiger partial charge < -0.3 is 25.4 Å². The maximum absolute atomic E-state index is 13.9. The molecule has 3 aliphatic rings. The third-order valence-corrected chi connectivity index (χ3v) is 9.83. The topological polar surface area (TPSA) is 108 Å². The van der Waals surface area contributed by atoms with E-state index >= 15 is 0 Å². The molecule has 3 amide bonds. The Kier molecular flexibility index (Phi) is 6.70. The molecule has 6 atom stereocenters. The lowest BCUT2D eigenvalue weighted by atomic mass is 9.66. The number of carbonyl (C=O) groups excluding carboxylic acids is 3. The quantitative estimate of drug-likeness (QED) is 0.505. The molecular weight excluding hydrogens is 478 g/mol. The molecule has 3 unspecified atom stereocenters. The summed E-state index contributed by atoms with van der Waals surface area (Å²) in [6.45, 7) is 2.26. The second-order valence-corrected chi connectivity index (χ2v) is 11.3. The minimum absolute atomic E-state index is 0.0334. The van der Waals surface area contributed by atoms with E-state index in [1.165, 1.54) is 0 Å². The number of fused-ring (bicyclic) bond motifs is 1. The Morgan fingerprint density at radius 3 is 2.42 bits per heavy atom. The molecular formula is C27H31N3O5S. The molecule has 0 aromatic heterocycles. The molecule has 0 radical (unpaired) electrons. The van der Waals surface area contributed by atoms with Crippen LogP contribution in [0.25, 0.3) is 0 Å². The van der Waals surface area contributed by atoms with Crippen LogP contribution < -0.4 is 15.4 Å². The van der Waals surface area contributed by atoms with E-state index in [4.69, 9.17) is 4.74 Å². The van der Waals surface area contributed by atoms with Crippen LogP contribution in [0, 0.1) is 17.8 Å². The highest BCUT2D eigenvalue weighted by Gasteiger charge is 2.75. The summed E-state index contributed by atoms with van der Waals surface area (Å²) in [7, 11) is 1.58. The van der Waals surface area contributed by atoms with Crippen LogP contribution in [0.3, 0.4) is 0 Å². The van der Waals surface area contributed by atoms with E-state index in [1.54, 1.807) is 48.0 Å². The Bertz CT molecular complexity index is 1140. The number of rotatable bonds is 8. The van der Waals surface area contributed by atoms with E-state index in [2.05, 4.69) is 17.6 Å². The van der Waals surface area contributed by atoms with Gasteiger partial charge in [-0.3, -0.25) is 14.4 Å². The first-order valence-corrected chi connectivity index (χ1v) is 13.2. The Labute approximate surface area is 214 Å². The van der Waals surface area contributed by atoms with Gasteiger partial charge in [0.25, 0.3) is 0 Å². The van der Waals surface area contributed by atoms with E-state index in [0.717, 1.165) is 6.42 Å². The predicted octanol–water partition coefficient (Wildman–Crippen LogP) is 2.99. The number of aliphatic hydroxyl groups is 1. The number of thioether (sulfide) groups is 1. The van der Waals surface area contributed by atoms with Gasteiger partial charge in [-0.05, 0) is 55.2 Å². The van der Waals surface area contributed by atoms with Gasteiger partial charge in [0.2, 0.25) is 17.7 Å². The largest absolute Gasteiger partial charge is 0.497 e. The summed E-state index contributed by atoms with van der Waals surface area (Å²) in [5.41, 5.74) is 1.30. The summed E-state index contributed by atoms with van der Waals surface area (Å²) in [5, 5.41) is 15.4. The summed E-state index contributed by atoms with van der Waals surface area (Å²) in [6.07, 6.45) is 1.13. The van der Waals surface area contributed by atoms with E-state index in [0.29, 0.717) is 23.5 Å². The second kappa shape index (κ2) is 9.78. The molecule has 2 aromatic rings. The number of para-hydroxylation sites is 1. The number of carbonyl (C=O) groups is 3. The number of benzene rings is 2. The highest BCUT2D eigenvalue weighted by molar-refractivity contribution is 8.02. The number of anilines is 2. The molecule has 0 saturated carbocycles. The van der Waals surface area contributed by atoms with Crippen LogP contribution in [0.5, 0.6) is 5.75 Å². The number of nitrogens with zero attached hydrogens (tertiary/aromatic N) is 1. The molecule has 190 valence electrons. The van der Waals surface area contributed by atoms with Gasteiger partial charge in [0, 0.05) is 29.8 Å². The standard InChI is InChI=1S/C27H31N3O5S/c1-16-15-20-21(24(32)28-17-7-4-3-5-8-17)22-26(34)30(13-6-14-31)23(27(16,22)36-20)25(33)29-18-9-11-19(35-2)12-10-18/h3-5,7-12,16,20-23,31H,6,13-15H2,1-2H3,(H,28,32)(H,29,33)/t16?,20-,21+,22+,23?,27?/m1/s1. The number of hydrogen-bond acceptors (Lipinski definition) is 6. The molecule has 3 fully saturated rings. The summed E-state index contributed by atoms with van der Waals surface area (Å²) >= 11 is 1.63. The Morgan fingerprint density at radius 1 is 1.08 bits per heavy atom. The lowest BCUT2D eigenvalue weighted by Gasteiger charge is -2.38.